The van der Waals surface area contributed by atoms with Crippen molar-refractivity contribution >= 4 is 17.2 Å². The van der Waals surface area contributed by atoms with Gasteiger partial charge in [0.25, 0.3) is 0 Å². The van der Waals surface area contributed by atoms with Crippen LogP contribution in [0.5, 0.6) is 0 Å². The zero-order chi connectivity index (χ0) is 12.7. The molecule has 0 aliphatic carbocycles. The van der Waals surface area contributed by atoms with Crippen LogP contribution in [0.3, 0.4) is 0 Å². The zero-order valence-electron chi connectivity index (χ0n) is 9.73. The van der Waals surface area contributed by atoms with E-state index in [-0.39, 0.29) is 18.6 Å². The molecule has 2 N–H and O–H groups in total. The maximum Gasteiger partial charge on any atom is 0.217 e. The van der Waals surface area contributed by atoms with Gasteiger partial charge in [0, 0.05) is 12.3 Å². The number of hydrogen-bond acceptors (Lipinski definition) is 4. The van der Waals surface area contributed by atoms with Crippen molar-refractivity contribution in [1.29, 1.82) is 0 Å². The van der Waals surface area contributed by atoms with Crippen molar-refractivity contribution in [2.45, 2.75) is 19.9 Å². The van der Waals surface area contributed by atoms with Crippen molar-refractivity contribution in [2.75, 3.05) is 6.61 Å². The van der Waals surface area contributed by atoms with Gasteiger partial charge in [0.05, 0.1) is 12.6 Å². The van der Waals surface area contributed by atoms with Crippen LogP contribution < -0.4 is 5.32 Å². The number of carbonyl (C=O) groups is 1. The molecule has 0 unspecified atom stereocenters. The average molecular weight is 250 g/mol. The molecule has 0 saturated carbocycles. The monoisotopic (exact) mass is 250 g/mol. The molecular weight excluding hydrogens is 236 g/mol. The molecule has 0 spiro atoms. The Bertz CT molecular complexity index is 468. The molecular formula is C12H14N2O2S. The van der Waals surface area contributed by atoms with E-state index in [1.165, 1.54) is 18.3 Å². The number of amides is 1. The Hall–Kier alpha value is -1.64. The Balaban J connectivity index is 2.66. The first-order valence-corrected chi connectivity index (χ1v) is 6.01. The molecule has 1 aromatic rings. The van der Waals surface area contributed by atoms with Gasteiger partial charge in [-0.05, 0) is 18.9 Å². The fourth-order valence-corrected chi connectivity index (χ4v) is 1.90. The first-order valence-electron chi connectivity index (χ1n) is 5.13. The average Bonchev–Trinajstić information content (AvgIpc) is 2.72. The standard InChI is InChI=1S/C12H14N2O2S/c1-9(13-10(2)16)12-14-11(8-17-12)6-4-3-5-7-15/h3,5,8-9,15H,7H2,1-2H3,(H,13,16)/b5-3+/t9-/m1/s1. The number of carbonyl (C=O) groups excluding carboxylic acids is 1. The summed E-state index contributed by atoms with van der Waals surface area (Å²) >= 11 is 1.46. The van der Waals surface area contributed by atoms with E-state index in [0.29, 0.717) is 5.69 Å². The summed E-state index contributed by atoms with van der Waals surface area (Å²) in [4.78, 5) is 15.2. The Labute approximate surface area is 104 Å². The Kier molecular flexibility index (Phi) is 5.40. The number of allylic oxidation sites excluding steroid dienone is 1. The third kappa shape index (κ3) is 4.81. The van der Waals surface area contributed by atoms with E-state index in [1.807, 2.05) is 12.3 Å². The molecule has 0 aromatic carbocycles. The lowest BCUT2D eigenvalue weighted by atomic mass is 10.3. The summed E-state index contributed by atoms with van der Waals surface area (Å²) in [5, 5.41) is 13.9. The van der Waals surface area contributed by atoms with Crippen LogP contribution in [-0.2, 0) is 4.79 Å². The second kappa shape index (κ2) is 6.84. The van der Waals surface area contributed by atoms with Crippen LogP contribution in [0, 0.1) is 11.8 Å². The fraction of sp³-hybridized carbons (Fsp3) is 0.333. The summed E-state index contributed by atoms with van der Waals surface area (Å²) in [6.07, 6.45) is 3.14. The molecule has 1 atom stereocenters. The van der Waals surface area contributed by atoms with Crippen molar-refractivity contribution < 1.29 is 9.90 Å². The van der Waals surface area contributed by atoms with Crippen molar-refractivity contribution in [3.05, 3.63) is 28.2 Å². The number of aliphatic hydroxyl groups excluding tert-OH is 1. The van der Waals surface area contributed by atoms with E-state index in [2.05, 4.69) is 22.1 Å². The smallest absolute Gasteiger partial charge is 0.217 e. The van der Waals surface area contributed by atoms with Crippen molar-refractivity contribution in [2.24, 2.45) is 0 Å². The first-order chi connectivity index (χ1) is 8.13. The van der Waals surface area contributed by atoms with Gasteiger partial charge in [0.1, 0.15) is 10.7 Å². The summed E-state index contributed by atoms with van der Waals surface area (Å²) in [6, 6.07) is -0.0963. The van der Waals surface area contributed by atoms with E-state index < -0.39 is 0 Å². The van der Waals surface area contributed by atoms with Crippen LogP contribution in [0.15, 0.2) is 17.5 Å². The van der Waals surface area contributed by atoms with Crippen LogP contribution >= 0.6 is 11.3 Å². The van der Waals surface area contributed by atoms with Crippen molar-refractivity contribution in [1.82, 2.24) is 10.3 Å². The SMILES string of the molecule is CC(=O)N[C@H](C)c1nc(C#C/C=C/CO)cs1. The highest BCUT2D eigenvalue weighted by molar-refractivity contribution is 7.09. The topological polar surface area (TPSA) is 62.2 Å². The summed E-state index contributed by atoms with van der Waals surface area (Å²) in [7, 11) is 0. The molecule has 17 heavy (non-hydrogen) atoms. The Morgan fingerprint density at radius 3 is 3.18 bits per heavy atom. The van der Waals surface area contributed by atoms with E-state index in [4.69, 9.17) is 5.11 Å². The molecule has 0 saturated heterocycles. The van der Waals surface area contributed by atoms with Gasteiger partial charge in [-0.15, -0.1) is 11.3 Å². The second-order valence-electron chi connectivity index (χ2n) is 3.35. The minimum atomic E-state index is -0.0963. The van der Waals surface area contributed by atoms with Gasteiger partial charge in [-0.3, -0.25) is 4.79 Å². The highest BCUT2D eigenvalue weighted by Crippen LogP contribution is 2.17. The molecule has 0 aliphatic heterocycles. The van der Waals surface area contributed by atoms with E-state index >= 15 is 0 Å². The van der Waals surface area contributed by atoms with Gasteiger partial charge in [0.2, 0.25) is 5.91 Å². The highest BCUT2D eigenvalue weighted by atomic mass is 32.1. The lowest BCUT2D eigenvalue weighted by Crippen LogP contribution is -2.23. The second-order valence-corrected chi connectivity index (χ2v) is 4.24. The predicted octanol–water partition coefficient (Wildman–Crippen LogP) is 1.24. The number of nitrogens with one attached hydrogen (secondary N) is 1. The van der Waals surface area contributed by atoms with Gasteiger partial charge in [-0.1, -0.05) is 12.0 Å². The number of nitrogens with zero attached hydrogens (tertiary/aromatic N) is 1. The summed E-state index contributed by atoms with van der Waals surface area (Å²) < 4.78 is 0. The molecule has 1 aromatic heterocycles. The van der Waals surface area contributed by atoms with E-state index in [1.54, 1.807) is 12.2 Å². The number of aliphatic hydroxyl groups is 1. The van der Waals surface area contributed by atoms with Gasteiger partial charge >= 0.3 is 0 Å². The van der Waals surface area contributed by atoms with E-state index in [9.17, 15) is 4.79 Å². The van der Waals surface area contributed by atoms with Gasteiger partial charge in [-0.2, -0.15) is 0 Å². The lowest BCUT2D eigenvalue weighted by molar-refractivity contribution is -0.119. The molecule has 0 fully saturated rings. The molecule has 90 valence electrons. The summed E-state index contributed by atoms with van der Waals surface area (Å²) in [5.41, 5.74) is 0.671. The van der Waals surface area contributed by atoms with Gasteiger partial charge < -0.3 is 10.4 Å². The molecule has 0 aliphatic rings. The van der Waals surface area contributed by atoms with Crippen LogP contribution in [-0.4, -0.2) is 22.6 Å². The maximum atomic E-state index is 10.9. The molecule has 0 radical (unpaired) electrons. The largest absolute Gasteiger partial charge is 0.392 e. The molecule has 4 nitrogen and oxygen atoms in total. The van der Waals surface area contributed by atoms with Crippen molar-refractivity contribution in [3.8, 4) is 11.8 Å². The number of thiazole rings is 1. The van der Waals surface area contributed by atoms with Crippen LogP contribution in [0.1, 0.15) is 30.6 Å². The summed E-state index contributed by atoms with van der Waals surface area (Å²) in [6.45, 7) is 3.34. The van der Waals surface area contributed by atoms with Crippen LogP contribution in [0.2, 0.25) is 0 Å². The van der Waals surface area contributed by atoms with E-state index in [0.717, 1.165) is 5.01 Å². The fourth-order valence-electron chi connectivity index (χ4n) is 1.14. The quantitative estimate of drug-likeness (QED) is 0.793. The van der Waals surface area contributed by atoms with Crippen molar-refractivity contribution in [3.63, 3.8) is 0 Å². The minimum Gasteiger partial charge on any atom is -0.392 e. The zero-order valence-corrected chi connectivity index (χ0v) is 10.5. The van der Waals surface area contributed by atoms with Gasteiger partial charge in [-0.25, -0.2) is 4.98 Å². The number of rotatable bonds is 3. The molecule has 5 heteroatoms. The van der Waals surface area contributed by atoms with Crippen LogP contribution in [0.4, 0.5) is 0 Å². The van der Waals surface area contributed by atoms with Crippen LogP contribution in [0.25, 0.3) is 0 Å². The normalized spacial score (nSPS) is 11.9. The molecule has 1 heterocycles. The molecule has 0 bridgehead atoms. The first kappa shape index (κ1) is 13.4. The third-order valence-corrected chi connectivity index (χ3v) is 2.85. The number of hydrogen-bond donors (Lipinski definition) is 2. The summed E-state index contributed by atoms with van der Waals surface area (Å²) in [5.74, 6) is 5.53. The predicted molar refractivity (Wildman–Crippen MR) is 67.4 cm³/mol. The Morgan fingerprint density at radius 2 is 2.53 bits per heavy atom. The molecule has 1 rings (SSSR count). The highest BCUT2D eigenvalue weighted by Gasteiger charge is 2.10. The van der Waals surface area contributed by atoms with Gasteiger partial charge in [0.15, 0.2) is 0 Å². The minimum absolute atomic E-state index is 0.0173. The molecule has 1 amide bonds. The Morgan fingerprint density at radius 1 is 1.76 bits per heavy atom. The maximum absolute atomic E-state index is 10.9. The third-order valence-electron chi connectivity index (χ3n) is 1.82. The lowest BCUT2D eigenvalue weighted by Gasteiger charge is -2.07. The number of aromatic nitrogens is 1.